The second-order valence-electron chi connectivity index (χ2n) is 32.1. The zero-order valence-corrected chi connectivity index (χ0v) is 74.8. The molecule has 0 saturated heterocycles. The van der Waals surface area contributed by atoms with Gasteiger partial charge >= 0.3 is 0 Å². The zero-order valence-electron chi connectivity index (χ0n) is 74.8. The molecular weight excluding hydrogens is 1660 g/mol. The van der Waals surface area contributed by atoms with Crippen LogP contribution in [-0.2, 0) is 47.0 Å². The monoisotopic (exact) mass is 1760 g/mol. The number of nitrogens with one attached hydrogen (secondary N) is 3. The minimum absolute atomic E-state index is 0.0440. The summed E-state index contributed by atoms with van der Waals surface area (Å²) in [5, 5.41) is 8.71. The van der Waals surface area contributed by atoms with Gasteiger partial charge in [-0.3, -0.25) is 33.8 Å². The molecule has 0 spiro atoms. The smallest absolute Gasteiger partial charge is 0.298 e. The standard InChI is InChI=1S/C38H35NO5.C37H34N2O5.C37H33NO6/c1-26(2)35-23-36(39-38(41)30-15-19-34(20-16-30)44-33-7-5-4-6-8-33)37(43-25-40)22-31(35)21-28-11-13-29(14-12-28)24-42-32-17-9-27(3)10-18-32;1-25(2)34-21-35(39-37(41)28-12-17-33(18-13-28)44-32-7-5-4-6-8-32)36(43-24-40)20-29(34)19-27-11-14-30(38-22-27)23-42-31-15-9-26(3)10-16-31;1-25(2)33-21-34(38-37(40)28-13-19-31(20-14-28)43-30-7-5-4-6-8-30)36(42-24-39)22-35(33)44-32-17-11-27(12-18-32)23-41-29-15-9-26(3)10-16-29/h4-20,22-23,25-26H,21,24H2,1-3H3,(H,39,41);4-18,20-22,24-25H,19,23H2,1-3H3,(H,39,41);4-22,24-25H,23H2,1-3H3,(H,38,40). The first kappa shape index (κ1) is 93.3. The molecule has 1 aromatic heterocycles. The van der Waals surface area contributed by atoms with Crippen molar-refractivity contribution >= 4 is 54.2 Å². The molecule has 3 amide bonds. The number of nitrogens with zero attached hydrogens (tertiary/aromatic N) is 1. The van der Waals surface area contributed by atoms with Gasteiger partial charge in [0.1, 0.15) is 83.1 Å². The third kappa shape index (κ3) is 27.3. The highest BCUT2D eigenvalue weighted by atomic mass is 16.5. The summed E-state index contributed by atoms with van der Waals surface area (Å²) < 4.78 is 57.3. The van der Waals surface area contributed by atoms with Crippen molar-refractivity contribution in [2.45, 2.75) is 113 Å². The third-order valence-electron chi connectivity index (χ3n) is 21.1. The highest BCUT2D eigenvalue weighted by Gasteiger charge is 2.23. The number of benzene rings is 14. The summed E-state index contributed by atoms with van der Waals surface area (Å²) in [4.78, 5) is 78.3. The minimum atomic E-state index is -0.362. The van der Waals surface area contributed by atoms with Gasteiger partial charge in [0.15, 0.2) is 17.2 Å². The first-order valence-electron chi connectivity index (χ1n) is 43.3. The Morgan fingerprint density at radius 1 is 0.288 bits per heavy atom. The number of hydrogen-bond acceptors (Lipinski definition) is 17. The van der Waals surface area contributed by atoms with Crippen LogP contribution in [0, 0.1) is 20.8 Å². The van der Waals surface area contributed by atoms with E-state index in [4.69, 9.17) is 47.4 Å². The number of pyridine rings is 1. The molecule has 0 aliphatic carbocycles. The summed E-state index contributed by atoms with van der Waals surface area (Å²) in [5.74, 6) is 7.61. The van der Waals surface area contributed by atoms with Crippen molar-refractivity contribution in [1.82, 2.24) is 4.98 Å². The molecule has 0 saturated carbocycles. The first-order valence-corrected chi connectivity index (χ1v) is 43.3. The van der Waals surface area contributed by atoms with Gasteiger partial charge in [-0.2, -0.15) is 0 Å². The van der Waals surface area contributed by atoms with E-state index >= 15 is 0 Å². The van der Waals surface area contributed by atoms with E-state index in [1.54, 1.807) is 84.9 Å². The van der Waals surface area contributed by atoms with Crippen LogP contribution in [0.25, 0.3) is 0 Å². The summed E-state index contributed by atoms with van der Waals surface area (Å²) in [6.45, 7) is 20.9. The quantitative estimate of drug-likeness (QED) is 0.0309. The van der Waals surface area contributed by atoms with Crippen molar-refractivity contribution in [3.8, 4) is 80.5 Å². The molecule has 0 unspecified atom stereocenters. The van der Waals surface area contributed by atoms with Gasteiger partial charge in [-0.1, -0.05) is 192 Å². The number of hydrogen-bond donors (Lipinski definition) is 3. The molecule has 0 atom stereocenters. The number of anilines is 3. The Kier molecular flexibility index (Phi) is 32.8. The number of para-hydroxylation sites is 3. The molecule has 666 valence electrons. The Bertz CT molecular complexity index is 5710. The van der Waals surface area contributed by atoms with Gasteiger partial charge in [0.2, 0.25) is 0 Å². The number of rotatable bonds is 36. The van der Waals surface area contributed by atoms with Crippen LogP contribution >= 0.6 is 0 Å². The van der Waals surface area contributed by atoms with Crippen molar-refractivity contribution in [1.29, 1.82) is 0 Å². The molecule has 132 heavy (non-hydrogen) atoms. The molecule has 20 heteroatoms. The highest BCUT2D eigenvalue weighted by molar-refractivity contribution is 6.07. The molecular formula is C112H102N4O16. The average molecular weight is 1760 g/mol. The van der Waals surface area contributed by atoms with Crippen molar-refractivity contribution in [2.24, 2.45) is 0 Å². The third-order valence-corrected chi connectivity index (χ3v) is 21.1. The van der Waals surface area contributed by atoms with Gasteiger partial charge in [0.05, 0.1) is 22.8 Å². The van der Waals surface area contributed by atoms with E-state index in [9.17, 15) is 28.8 Å². The van der Waals surface area contributed by atoms with Crippen LogP contribution in [-0.4, -0.2) is 42.1 Å². The molecule has 20 nitrogen and oxygen atoms in total. The predicted octanol–water partition coefficient (Wildman–Crippen LogP) is 26.2. The van der Waals surface area contributed by atoms with Crippen molar-refractivity contribution in [3.05, 3.63) is 429 Å². The summed E-state index contributed by atoms with van der Waals surface area (Å²) in [5.41, 5.74) is 15.9. The minimum Gasteiger partial charge on any atom is -0.489 e. The van der Waals surface area contributed by atoms with Crippen LogP contribution in [0.3, 0.4) is 0 Å². The Morgan fingerprint density at radius 2 is 0.576 bits per heavy atom. The normalized spacial score (nSPS) is 10.7. The fraction of sp³-hybridized carbons (Fsp3) is 0.152. The molecule has 0 radical (unpaired) electrons. The van der Waals surface area contributed by atoms with Gasteiger partial charge in [0.25, 0.3) is 37.1 Å². The average Bonchev–Trinajstić information content (AvgIpc) is 0.808. The molecule has 15 aromatic rings. The van der Waals surface area contributed by atoms with E-state index < -0.39 is 0 Å². The second kappa shape index (κ2) is 46.4. The molecule has 3 N–H and O–H groups in total. The molecule has 0 bridgehead atoms. The van der Waals surface area contributed by atoms with Gasteiger partial charge in [0, 0.05) is 29.0 Å². The number of carbonyl (C=O) groups excluding carboxylic acids is 6. The summed E-state index contributed by atoms with van der Waals surface area (Å²) in [6, 6.07) is 103. The van der Waals surface area contributed by atoms with Crippen LogP contribution in [0.15, 0.2) is 340 Å². The maximum atomic E-state index is 13.2. The summed E-state index contributed by atoms with van der Waals surface area (Å²) in [7, 11) is 0. The lowest BCUT2D eigenvalue weighted by molar-refractivity contribution is -0.121. The van der Waals surface area contributed by atoms with Gasteiger partial charge in [-0.05, 0) is 296 Å². The van der Waals surface area contributed by atoms with Crippen molar-refractivity contribution in [2.75, 3.05) is 16.0 Å². The van der Waals surface area contributed by atoms with Crippen LogP contribution in [0.2, 0.25) is 0 Å². The highest BCUT2D eigenvalue weighted by Crippen LogP contribution is 2.42. The van der Waals surface area contributed by atoms with Gasteiger partial charge < -0.3 is 63.3 Å². The molecule has 0 aliphatic rings. The number of aryl methyl sites for hydroxylation is 3. The van der Waals surface area contributed by atoms with Crippen molar-refractivity contribution < 1.29 is 76.1 Å². The lowest BCUT2D eigenvalue weighted by Crippen LogP contribution is -2.14. The topological polar surface area (TPSA) is 244 Å². The Hall–Kier alpha value is -16.4. The first-order chi connectivity index (χ1) is 64.1. The van der Waals surface area contributed by atoms with Gasteiger partial charge in [-0.15, -0.1) is 0 Å². The Labute approximate surface area is 769 Å². The predicted molar refractivity (Wildman–Crippen MR) is 514 cm³/mol. The van der Waals surface area contributed by atoms with Crippen LogP contribution in [0.4, 0.5) is 17.1 Å². The molecule has 0 fully saturated rings. The Balaban J connectivity index is 0.000000168. The number of carbonyl (C=O) groups is 6. The maximum Gasteiger partial charge on any atom is 0.298 e. The molecule has 0 aliphatic heterocycles. The second-order valence-corrected chi connectivity index (χ2v) is 32.1. The number of amides is 3. The molecule has 15 rings (SSSR count). The lowest BCUT2D eigenvalue weighted by atomic mass is 9.91. The van der Waals surface area contributed by atoms with Crippen molar-refractivity contribution in [3.63, 3.8) is 0 Å². The van der Waals surface area contributed by atoms with Gasteiger partial charge in [-0.25, -0.2) is 0 Å². The molecule has 1 heterocycles. The number of aromatic nitrogens is 1. The van der Waals surface area contributed by atoms with E-state index in [2.05, 4.69) is 72.9 Å². The van der Waals surface area contributed by atoms with E-state index in [1.165, 1.54) is 16.7 Å². The van der Waals surface area contributed by atoms with Crippen LogP contribution in [0.1, 0.15) is 163 Å². The fourth-order valence-corrected chi connectivity index (χ4v) is 14.0. The van der Waals surface area contributed by atoms with E-state index in [0.717, 1.165) is 73.0 Å². The number of ether oxygens (including phenoxy) is 10. The Morgan fingerprint density at radius 3 is 0.917 bits per heavy atom. The summed E-state index contributed by atoms with van der Waals surface area (Å²) in [6.07, 6.45) is 3.05. The van der Waals surface area contributed by atoms with E-state index in [-0.39, 0.29) is 47.0 Å². The SMILES string of the molecule is Cc1ccc(OCc2ccc(Cc3cc(OC=O)c(NC(=O)c4ccc(Oc5ccccc5)cc4)cc3C(C)C)cc2)cc1.Cc1ccc(OCc2ccc(Cc3cc(OC=O)c(NC(=O)c4ccc(Oc5ccccc5)cc4)cc3C(C)C)cn2)cc1.Cc1ccc(OCc2ccc(Oc3cc(OC=O)c(NC(=O)c4ccc(Oc5ccccc5)cc4)cc3C(C)C)cc2)cc1. The lowest BCUT2D eigenvalue weighted by Gasteiger charge is -2.18. The fourth-order valence-electron chi connectivity index (χ4n) is 14.0. The largest absolute Gasteiger partial charge is 0.489 e. The maximum absolute atomic E-state index is 13.2. The zero-order chi connectivity index (χ0) is 92.7. The van der Waals surface area contributed by atoms with E-state index in [1.807, 2.05) is 265 Å². The van der Waals surface area contributed by atoms with Crippen LogP contribution in [0.5, 0.6) is 80.5 Å². The van der Waals surface area contributed by atoms with Crippen LogP contribution < -0.4 is 63.3 Å². The van der Waals surface area contributed by atoms with E-state index in [0.29, 0.717) is 138 Å². The molecule has 14 aromatic carbocycles. The summed E-state index contributed by atoms with van der Waals surface area (Å²) >= 11 is 0.